The largest absolute Gasteiger partial charge is 0.310 e. The van der Waals surface area contributed by atoms with Gasteiger partial charge in [0, 0.05) is 25.3 Å². The second-order valence-electron chi connectivity index (χ2n) is 6.61. The van der Waals surface area contributed by atoms with Gasteiger partial charge in [0.15, 0.2) is 0 Å². The van der Waals surface area contributed by atoms with E-state index in [2.05, 4.69) is 55.1 Å². The molecule has 0 saturated carbocycles. The van der Waals surface area contributed by atoms with Crippen LogP contribution >= 0.6 is 0 Å². The molecule has 0 bridgehead atoms. The second-order valence-corrected chi connectivity index (χ2v) is 6.61. The van der Waals surface area contributed by atoms with Crippen molar-refractivity contribution in [3.63, 3.8) is 0 Å². The summed E-state index contributed by atoms with van der Waals surface area (Å²) in [7, 11) is 0. The van der Waals surface area contributed by atoms with Gasteiger partial charge in [0.2, 0.25) is 5.91 Å². The maximum Gasteiger partial charge on any atom is 0.244 e. The van der Waals surface area contributed by atoms with Crippen LogP contribution < -0.4 is 4.90 Å². The fourth-order valence-corrected chi connectivity index (χ4v) is 3.49. The summed E-state index contributed by atoms with van der Waals surface area (Å²) >= 11 is 0. The number of hydrogen-bond acceptors (Lipinski definition) is 2. The Balaban J connectivity index is 1.76. The van der Waals surface area contributed by atoms with E-state index in [9.17, 15) is 4.79 Å². The Morgan fingerprint density at radius 1 is 1.08 bits per heavy atom. The van der Waals surface area contributed by atoms with Gasteiger partial charge >= 0.3 is 0 Å². The summed E-state index contributed by atoms with van der Waals surface area (Å²) in [4.78, 5) is 17.2. The van der Waals surface area contributed by atoms with E-state index in [1.165, 1.54) is 16.7 Å². The fraction of sp³-hybridized carbons (Fsp3) is 0.381. The molecule has 2 aromatic rings. The van der Waals surface area contributed by atoms with Crippen molar-refractivity contribution in [2.75, 3.05) is 18.0 Å². The van der Waals surface area contributed by atoms with Crippen molar-refractivity contribution >= 4 is 11.6 Å². The third kappa shape index (κ3) is 3.36. The van der Waals surface area contributed by atoms with E-state index in [0.717, 1.165) is 31.7 Å². The number of carbonyl (C=O) groups is 1. The Bertz CT molecular complexity index is 725. The Morgan fingerprint density at radius 2 is 1.88 bits per heavy atom. The lowest BCUT2D eigenvalue weighted by atomic mass is 10.1. The Labute approximate surface area is 144 Å². The molecule has 1 saturated heterocycles. The summed E-state index contributed by atoms with van der Waals surface area (Å²) in [6.07, 6.45) is 0.946. The number of rotatable bonds is 4. The zero-order chi connectivity index (χ0) is 17.1. The van der Waals surface area contributed by atoms with Crippen molar-refractivity contribution in [1.29, 1.82) is 0 Å². The molecule has 3 heteroatoms. The molecular formula is C21H26N2O. The monoisotopic (exact) mass is 322 g/mol. The number of para-hydroxylation sites is 1. The molecule has 1 heterocycles. The molecule has 0 unspecified atom stereocenters. The summed E-state index contributed by atoms with van der Waals surface area (Å²) in [6.45, 7) is 8.76. The normalized spacial score (nSPS) is 18.9. The lowest BCUT2D eigenvalue weighted by molar-refractivity contribution is -0.125. The molecule has 3 nitrogen and oxygen atoms in total. The molecule has 0 spiro atoms. The van der Waals surface area contributed by atoms with Crippen LogP contribution in [0.4, 0.5) is 5.69 Å². The molecule has 0 N–H and O–H groups in total. The van der Waals surface area contributed by atoms with Crippen molar-refractivity contribution in [2.45, 2.75) is 39.8 Å². The minimum atomic E-state index is -0.0934. The number of amides is 1. The van der Waals surface area contributed by atoms with Gasteiger partial charge in [0.25, 0.3) is 0 Å². The summed E-state index contributed by atoms with van der Waals surface area (Å²) in [5.41, 5.74) is 4.86. The molecule has 1 aliphatic heterocycles. The van der Waals surface area contributed by atoms with Crippen LogP contribution in [-0.2, 0) is 17.8 Å². The number of hydrogen-bond donors (Lipinski definition) is 0. The lowest BCUT2D eigenvalue weighted by Crippen LogP contribution is -2.55. The van der Waals surface area contributed by atoms with Gasteiger partial charge in [-0.2, -0.15) is 0 Å². The van der Waals surface area contributed by atoms with Crippen molar-refractivity contribution in [3.05, 3.63) is 65.2 Å². The third-order valence-electron chi connectivity index (χ3n) is 4.91. The number of nitrogens with zero attached hydrogens (tertiary/aromatic N) is 2. The first kappa shape index (κ1) is 16.7. The lowest BCUT2D eigenvalue weighted by Gasteiger charge is -2.39. The summed E-state index contributed by atoms with van der Waals surface area (Å²) in [5.74, 6) is 0.204. The molecule has 1 aliphatic rings. The fourth-order valence-electron chi connectivity index (χ4n) is 3.49. The highest BCUT2D eigenvalue weighted by Gasteiger charge is 2.32. The van der Waals surface area contributed by atoms with Crippen LogP contribution in [0, 0.1) is 6.92 Å². The third-order valence-corrected chi connectivity index (χ3v) is 4.91. The molecule has 3 rings (SSSR count). The number of anilines is 1. The number of benzene rings is 2. The minimum Gasteiger partial charge on any atom is -0.310 e. The van der Waals surface area contributed by atoms with Crippen molar-refractivity contribution in [1.82, 2.24) is 4.90 Å². The summed E-state index contributed by atoms with van der Waals surface area (Å²) in [6, 6.07) is 16.7. The van der Waals surface area contributed by atoms with Crippen LogP contribution in [0.2, 0.25) is 0 Å². The molecule has 1 amide bonds. The summed E-state index contributed by atoms with van der Waals surface area (Å²) < 4.78 is 0. The van der Waals surface area contributed by atoms with Crippen LogP contribution in [0.25, 0.3) is 0 Å². The van der Waals surface area contributed by atoms with Crippen LogP contribution in [0.15, 0.2) is 48.5 Å². The Morgan fingerprint density at radius 3 is 2.62 bits per heavy atom. The first-order valence-electron chi connectivity index (χ1n) is 8.79. The molecule has 0 radical (unpaired) electrons. The maximum absolute atomic E-state index is 12.9. The molecule has 1 atom stereocenters. The van der Waals surface area contributed by atoms with Crippen LogP contribution in [0.3, 0.4) is 0 Å². The van der Waals surface area contributed by atoms with Gasteiger partial charge in [-0.25, -0.2) is 0 Å². The Hall–Kier alpha value is -2.13. The van der Waals surface area contributed by atoms with E-state index >= 15 is 0 Å². The predicted molar refractivity (Wildman–Crippen MR) is 99.2 cm³/mol. The topological polar surface area (TPSA) is 23.6 Å². The molecule has 0 aromatic heterocycles. The summed E-state index contributed by atoms with van der Waals surface area (Å²) in [5, 5.41) is 0. The van der Waals surface area contributed by atoms with Gasteiger partial charge in [-0.3, -0.25) is 9.69 Å². The number of piperazine rings is 1. The molecule has 126 valence electrons. The highest BCUT2D eigenvalue weighted by molar-refractivity contribution is 5.98. The van der Waals surface area contributed by atoms with Gasteiger partial charge in [-0.15, -0.1) is 0 Å². The smallest absolute Gasteiger partial charge is 0.244 e. The second kappa shape index (κ2) is 7.18. The van der Waals surface area contributed by atoms with Crippen molar-refractivity contribution in [2.24, 2.45) is 0 Å². The van der Waals surface area contributed by atoms with E-state index in [-0.39, 0.29) is 11.9 Å². The zero-order valence-corrected chi connectivity index (χ0v) is 14.8. The van der Waals surface area contributed by atoms with Crippen LogP contribution in [-0.4, -0.2) is 29.9 Å². The van der Waals surface area contributed by atoms with Gasteiger partial charge in [-0.1, -0.05) is 55.0 Å². The van der Waals surface area contributed by atoms with Crippen molar-refractivity contribution in [3.8, 4) is 0 Å². The minimum absolute atomic E-state index is 0.0934. The van der Waals surface area contributed by atoms with Gasteiger partial charge in [-0.05, 0) is 37.5 Å². The van der Waals surface area contributed by atoms with E-state index < -0.39 is 0 Å². The van der Waals surface area contributed by atoms with Crippen LogP contribution in [0.5, 0.6) is 0 Å². The first-order chi connectivity index (χ1) is 11.6. The van der Waals surface area contributed by atoms with Gasteiger partial charge < -0.3 is 4.90 Å². The molecule has 0 aliphatic carbocycles. The number of carbonyl (C=O) groups excluding carboxylic acids is 1. The van der Waals surface area contributed by atoms with E-state index in [0.29, 0.717) is 0 Å². The van der Waals surface area contributed by atoms with Crippen LogP contribution in [0.1, 0.15) is 30.5 Å². The molecule has 24 heavy (non-hydrogen) atoms. The average molecular weight is 322 g/mol. The standard InChI is InChI=1S/C21H26N2O/c1-4-19-10-5-6-11-20(19)23-13-12-22(17(3)21(23)24)15-18-9-7-8-16(2)14-18/h5-11,14,17H,4,12-13,15H2,1-3H3/t17-/m1/s1. The Kier molecular flexibility index (Phi) is 5.00. The highest BCUT2D eigenvalue weighted by atomic mass is 16.2. The quantitative estimate of drug-likeness (QED) is 0.855. The van der Waals surface area contributed by atoms with Gasteiger partial charge in [0.1, 0.15) is 0 Å². The van der Waals surface area contributed by atoms with Crippen molar-refractivity contribution < 1.29 is 4.79 Å². The molecule has 1 fully saturated rings. The van der Waals surface area contributed by atoms with E-state index in [4.69, 9.17) is 0 Å². The molecule has 2 aromatic carbocycles. The first-order valence-corrected chi connectivity index (χ1v) is 8.79. The number of aryl methyl sites for hydroxylation is 2. The average Bonchev–Trinajstić information content (AvgIpc) is 2.59. The maximum atomic E-state index is 12.9. The zero-order valence-electron chi connectivity index (χ0n) is 14.8. The SMILES string of the molecule is CCc1ccccc1N1CCN(Cc2cccc(C)c2)[C@H](C)C1=O. The predicted octanol–water partition coefficient (Wildman–Crippen LogP) is 3.79. The molecular weight excluding hydrogens is 296 g/mol. The van der Waals surface area contributed by atoms with Gasteiger partial charge in [0.05, 0.1) is 6.04 Å². The van der Waals surface area contributed by atoms with E-state index in [1.807, 2.05) is 24.0 Å². The highest BCUT2D eigenvalue weighted by Crippen LogP contribution is 2.25. The van der Waals surface area contributed by atoms with E-state index in [1.54, 1.807) is 0 Å².